The van der Waals surface area contributed by atoms with Gasteiger partial charge < -0.3 is 5.11 Å². The van der Waals surface area contributed by atoms with Crippen LogP contribution in [0.25, 0.3) is 0 Å². The van der Waals surface area contributed by atoms with Crippen molar-refractivity contribution in [1.29, 1.82) is 0 Å². The summed E-state index contributed by atoms with van der Waals surface area (Å²) in [7, 11) is 0. The maximum atomic E-state index is 13.8. The Morgan fingerprint density at radius 3 is 2.47 bits per heavy atom. The highest BCUT2D eigenvalue weighted by Gasteiger charge is 2.43. The third-order valence-corrected chi connectivity index (χ3v) is 5.52. The van der Waals surface area contributed by atoms with Gasteiger partial charge in [0.1, 0.15) is 5.82 Å². The van der Waals surface area contributed by atoms with E-state index in [2.05, 4.69) is 0 Å². The number of halogens is 1. The third-order valence-electron chi connectivity index (χ3n) is 3.94. The molecule has 17 heavy (non-hydrogen) atoms. The molecule has 0 aromatic heterocycles. The fraction of sp³-hybridized carbons (Fsp3) is 0.571. The summed E-state index contributed by atoms with van der Waals surface area (Å²) in [6.07, 6.45) is 5.00. The molecule has 1 aromatic carbocycles. The minimum Gasteiger partial charge on any atom is -0.385 e. The lowest BCUT2D eigenvalue weighted by Crippen LogP contribution is -2.41. The van der Waals surface area contributed by atoms with Crippen molar-refractivity contribution in [3.8, 4) is 0 Å². The highest BCUT2D eigenvalue weighted by molar-refractivity contribution is 8.00. The predicted molar refractivity (Wildman–Crippen MR) is 68.5 cm³/mol. The largest absolute Gasteiger partial charge is 0.385 e. The van der Waals surface area contributed by atoms with Crippen LogP contribution in [-0.4, -0.2) is 15.6 Å². The zero-order valence-electron chi connectivity index (χ0n) is 9.73. The van der Waals surface area contributed by atoms with E-state index in [9.17, 15) is 9.50 Å². The number of aliphatic hydroxyl groups is 1. The predicted octanol–water partition coefficient (Wildman–Crippen LogP) is 3.46. The first-order chi connectivity index (χ1) is 8.17. The average molecular weight is 252 g/mol. The molecule has 1 N–H and O–H groups in total. The van der Waals surface area contributed by atoms with Crippen molar-refractivity contribution in [3.63, 3.8) is 0 Å². The Kier molecular flexibility index (Phi) is 2.91. The van der Waals surface area contributed by atoms with Gasteiger partial charge in [-0.05, 0) is 31.7 Å². The second-order valence-electron chi connectivity index (χ2n) is 5.23. The minimum absolute atomic E-state index is 0.264. The van der Waals surface area contributed by atoms with Crippen molar-refractivity contribution in [2.75, 3.05) is 0 Å². The van der Waals surface area contributed by atoms with Crippen molar-refractivity contribution in [3.05, 3.63) is 35.6 Å². The van der Waals surface area contributed by atoms with Gasteiger partial charge in [0.15, 0.2) is 0 Å². The van der Waals surface area contributed by atoms with Gasteiger partial charge in [0.25, 0.3) is 0 Å². The van der Waals surface area contributed by atoms with E-state index in [-0.39, 0.29) is 5.82 Å². The van der Waals surface area contributed by atoms with E-state index < -0.39 is 5.60 Å². The summed E-state index contributed by atoms with van der Waals surface area (Å²) in [6, 6.07) is 6.68. The van der Waals surface area contributed by atoms with Gasteiger partial charge >= 0.3 is 0 Å². The van der Waals surface area contributed by atoms with Crippen LogP contribution in [0.2, 0.25) is 0 Å². The van der Waals surface area contributed by atoms with E-state index in [1.165, 1.54) is 12.5 Å². The molecule has 2 heterocycles. The molecule has 2 unspecified atom stereocenters. The van der Waals surface area contributed by atoms with Crippen LogP contribution in [0.4, 0.5) is 4.39 Å². The molecule has 1 nitrogen and oxygen atoms in total. The summed E-state index contributed by atoms with van der Waals surface area (Å²) in [5.74, 6) is -0.264. The average Bonchev–Trinajstić information content (AvgIpc) is 2.28. The highest BCUT2D eigenvalue weighted by Crippen LogP contribution is 2.49. The summed E-state index contributed by atoms with van der Waals surface area (Å²) in [5, 5.41) is 11.8. The van der Waals surface area contributed by atoms with Crippen molar-refractivity contribution in [2.45, 2.75) is 48.2 Å². The molecule has 1 aromatic rings. The fourth-order valence-electron chi connectivity index (χ4n) is 3.18. The molecule has 2 saturated heterocycles. The Labute approximate surface area is 105 Å². The van der Waals surface area contributed by atoms with Crippen LogP contribution < -0.4 is 0 Å². The van der Waals surface area contributed by atoms with Crippen molar-refractivity contribution in [2.24, 2.45) is 0 Å². The van der Waals surface area contributed by atoms with Gasteiger partial charge in [-0.1, -0.05) is 24.6 Å². The van der Waals surface area contributed by atoms with E-state index in [4.69, 9.17) is 0 Å². The van der Waals surface area contributed by atoms with E-state index >= 15 is 0 Å². The second kappa shape index (κ2) is 4.29. The molecule has 0 spiro atoms. The Morgan fingerprint density at radius 1 is 1.18 bits per heavy atom. The minimum atomic E-state index is -0.938. The van der Waals surface area contributed by atoms with Gasteiger partial charge in [-0.25, -0.2) is 4.39 Å². The van der Waals surface area contributed by atoms with Crippen LogP contribution in [0.3, 0.4) is 0 Å². The lowest BCUT2D eigenvalue weighted by Gasteiger charge is -2.44. The van der Waals surface area contributed by atoms with Crippen LogP contribution in [0.1, 0.15) is 37.7 Å². The molecule has 0 radical (unpaired) electrons. The standard InChI is InChI=1S/C14H17FOS/c15-13-7-2-1-6-12(13)14(16)8-10-4-3-5-11(9-14)17-10/h1-2,6-7,10-11,16H,3-5,8-9H2. The van der Waals surface area contributed by atoms with Crippen LogP contribution in [0.15, 0.2) is 24.3 Å². The normalized spacial score (nSPS) is 36.8. The zero-order valence-corrected chi connectivity index (χ0v) is 10.5. The summed E-state index contributed by atoms with van der Waals surface area (Å²) >= 11 is 1.99. The quantitative estimate of drug-likeness (QED) is 0.826. The highest BCUT2D eigenvalue weighted by atomic mass is 32.2. The molecule has 2 aliphatic heterocycles. The van der Waals surface area contributed by atoms with Gasteiger partial charge in [-0.15, -0.1) is 0 Å². The summed E-state index contributed by atoms with van der Waals surface area (Å²) in [6.45, 7) is 0. The molecule has 2 bridgehead atoms. The summed E-state index contributed by atoms with van der Waals surface area (Å²) in [4.78, 5) is 0. The Morgan fingerprint density at radius 2 is 1.82 bits per heavy atom. The Bertz CT molecular complexity index is 408. The summed E-state index contributed by atoms with van der Waals surface area (Å²) in [5.41, 5.74) is -0.441. The molecular weight excluding hydrogens is 235 g/mol. The van der Waals surface area contributed by atoms with Crippen molar-refractivity contribution < 1.29 is 9.50 Å². The molecule has 2 fully saturated rings. The van der Waals surface area contributed by atoms with Crippen LogP contribution in [0, 0.1) is 5.82 Å². The van der Waals surface area contributed by atoms with Gasteiger partial charge in [-0.3, -0.25) is 0 Å². The Hall–Kier alpha value is -0.540. The number of fused-ring (bicyclic) bond motifs is 2. The van der Waals surface area contributed by atoms with Gasteiger partial charge in [0.2, 0.25) is 0 Å². The first-order valence-electron chi connectivity index (χ1n) is 6.30. The number of hydrogen-bond acceptors (Lipinski definition) is 2. The van der Waals surface area contributed by atoms with E-state index in [0.29, 0.717) is 28.9 Å². The van der Waals surface area contributed by atoms with Crippen LogP contribution in [-0.2, 0) is 5.60 Å². The molecule has 0 amide bonds. The van der Waals surface area contributed by atoms with E-state index in [0.717, 1.165) is 12.8 Å². The molecule has 0 saturated carbocycles. The second-order valence-corrected chi connectivity index (χ2v) is 6.84. The molecule has 92 valence electrons. The third kappa shape index (κ3) is 2.11. The first kappa shape index (κ1) is 11.5. The van der Waals surface area contributed by atoms with Gasteiger partial charge in [-0.2, -0.15) is 11.8 Å². The smallest absolute Gasteiger partial charge is 0.129 e. The number of benzene rings is 1. The van der Waals surface area contributed by atoms with E-state index in [1.54, 1.807) is 12.1 Å². The van der Waals surface area contributed by atoms with Crippen LogP contribution in [0.5, 0.6) is 0 Å². The SMILES string of the molecule is OC1(c2ccccc2F)CC2CCCC(C1)S2. The van der Waals surface area contributed by atoms with Crippen molar-refractivity contribution >= 4 is 11.8 Å². The zero-order chi connectivity index (χ0) is 11.9. The lowest BCUT2D eigenvalue weighted by molar-refractivity contribution is 0.00494. The maximum Gasteiger partial charge on any atom is 0.129 e. The Balaban J connectivity index is 1.93. The number of hydrogen-bond donors (Lipinski definition) is 1. The topological polar surface area (TPSA) is 20.2 Å². The first-order valence-corrected chi connectivity index (χ1v) is 7.24. The lowest BCUT2D eigenvalue weighted by atomic mass is 9.80. The monoisotopic (exact) mass is 252 g/mol. The molecule has 3 rings (SSSR count). The molecular formula is C14H17FOS. The molecule has 2 aliphatic rings. The summed E-state index contributed by atoms with van der Waals surface area (Å²) < 4.78 is 13.8. The van der Waals surface area contributed by atoms with Gasteiger partial charge in [0.05, 0.1) is 5.60 Å². The van der Waals surface area contributed by atoms with Gasteiger partial charge in [0, 0.05) is 16.1 Å². The van der Waals surface area contributed by atoms with E-state index in [1.807, 2.05) is 17.8 Å². The fourth-order valence-corrected chi connectivity index (χ4v) is 5.07. The molecule has 2 atom stereocenters. The molecule has 0 aliphatic carbocycles. The molecule has 3 heteroatoms. The maximum absolute atomic E-state index is 13.8. The van der Waals surface area contributed by atoms with Crippen molar-refractivity contribution in [1.82, 2.24) is 0 Å². The number of rotatable bonds is 1. The number of thioether (sulfide) groups is 1. The van der Waals surface area contributed by atoms with Crippen LogP contribution >= 0.6 is 11.8 Å².